The monoisotopic (exact) mass is 288 g/mol. The molecule has 0 heterocycles. The van der Waals surface area contributed by atoms with Crippen LogP contribution in [0.25, 0.3) is 0 Å². The molecule has 0 aliphatic carbocycles. The van der Waals surface area contributed by atoms with Crippen LogP contribution in [0.1, 0.15) is 10.4 Å². The summed E-state index contributed by atoms with van der Waals surface area (Å²) in [5, 5.41) is 17.8. The lowest BCUT2D eigenvalue weighted by Gasteiger charge is -2.10. The van der Waals surface area contributed by atoms with Crippen molar-refractivity contribution in [2.45, 2.75) is 6.10 Å². The smallest absolute Gasteiger partial charge is 0.338 e. The van der Waals surface area contributed by atoms with Gasteiger partial charge in [0.15, 0.2) is 0 Å². The summed E-state index contributed by atoms with van der Waals surface area (Å²) in [4.78, 5) is 11.8. The molecule has 0 bridgehead atoms. The Bertz CT molecular complexity index is 582. The molecule has 5 nitrogen and oxygen atoms in total. The number of carbonyl (C=O) groups is 1. The Labute approximate surface area is 122 Å². The highest BCUT2D eigenvalue weighted by molar-refractivity contribution is 5.89. The van der Waals surface area contributed by atoms with Gasteiger partial charge in [-0.3, -0.25) is 0 Å². The van der Waals surface area contributed by atoms with Crippen LogP contribution in [0.4, 0.5) is 0 Å². The minimum absolute atomic E-state index is 0.251. The van der Waals surface area contributed by atoms with E-state index in [0.717, 1.165) is 0 Å². The largest absolute Gasteiger partial charge is 0.459 e. The predicted octanol–water partition coefficient (Wildman–Crippen LogP) is 1.99. The number of aliphatic hydroxyl groups excluding tert-OH is 2. The van der Waals surface area contributed by atoms with Gasteiger partial charge in [0.25, 0.3) is 0 Å². The zero-order chi connectivity index (χ0) is 15.1. The van der Waals surface area contributed by atoms with Gasteiger partial charge in [-0.25, -0.2) is 4.79 Å². The Morgan fingerprint density at radius 1 is 1.05 bits per heavy atom. The van der Waals surface area contributed by atoms with E-state index >= 15 is 0 Å². The van der Waals surface area contributed by atoms with Gasteiger partial charge in [-0.05, 0) is 30.3 Å². The molecule has 110 valence electrons. The van der Waals surface area contributed by atoms with Crippen LogP contribution in [0.3, 0.4) is 0 Å². The van der Waals surface area contributed by atoms with Gasteiger partial charge in [-0.2, -0.15) is 0 Å². The van der Waals surface area contributed by atoms with Crippen molar-refractivity contribution < 1.29 is 24.5 Å². The molecule has 0 radical (unpaired) electrons. The molecule has 0 aliphatic heterocycles. The van der Waals surface area contributed by atoms with Crippen molar-refractivity contribution in [3.63, 3.8) is 0 Å². The fourth-order valence-electron chi connectivity index (χ4n) is 1.62. The molecule has 0 aliphatic rings. The van der Waals surface area contributed by atoms with Crippen molar-refractivity contribution in [2.75, 3.05) is 13.2 Å². The number of benzene rings is 2. The summed E-state index contributed by atoms with van der Waals surface area (Å²) in [6, 6.07) is 15.8. The second-order valence-corrected chi connectivity index (χ2v) is 4.38. The maximum Gasteiger partial charge on any atom is 0.338 e. The first-order chi connectivity index (χ1) is 10.2. The number of hydrogen-bond donors (Lipinski definition) is 2. The van der Waals surface area contributed by atoms with Gasteiger partial charge in [0.1, 0.15) is 24.2 Å². The summed E-state index contributed by atoms with van der Waals surface area (Å²) in [5.41, 5.74) is 0.313. The average molecular weight is 288 g/mol. The van der Waals surface area contributed by atoms with E-state index in [0.29, 0.717) is 17.1 Å². The van der Waals surface area contributed by atoms with Crippen molar-refractivity contribution in [2.24, 2.45) is 0 Å². The van der Waals surface area contributed by atoms with Gasteiger partial charge in [-0.1, -0.05) is 24.3 Å². The maximum absolute atomic E-state index is 11.8. The third-order valence-electron chi connectivity index (χ3n) is 2.67. The number of rotatable bonds is 6. The quantitative estimate of drug-likeness (QED) is 0.795. The van der Waals surface area contributed by atoms with Crippen LogP contribution >= 0.6 is 0 Å². The standard InChI is InChI=1S/C16H16O5/c17-10-13(18)11-20-16(19)12-5-4-8-15(9-12)21-14-6-2-1-3-7-14/h1-9,13,17-18H,10-11H2. The number of ether oxygens (including phenoxy) is 2. The molecule has 0 saturated carbocycles. The van der Waals surface area contributed by atoms with Gasteiger partial charge < -0.3 is 19.7 Å². The molecule has 0 saturated heterocycles. The highest BCUT2D eigenvalue weighted by Gasteiger charge is 2.11. The number of para-hydroxylation sites is 1. The van der Waals surface area contributed by atoms with Crippen molar-refractivity contribution in [3.8, 4) is 11.5 Å². The van der Waals surface area contributed by atoms with Crippen molar-refractivity contribution >= 4 is 5.97 Å². The lowest BCUT2D eigenvalue weighted by molar-refractivity contribution is 0.00931. The molecule has 0 spiro atoms. The Morgan fingerprint density at radius 2 is 1.76 bits per heavy atom. The van der Waals surface area contributed by atoms with Gasteiger partial charge in [0, 0.05) is 0 Å². The Hall–Kier alpha value is -2.37. The third kappa shape index (κ3) is 4.59. The second kappa shape index (κ2) is 7.42. The van der Waals surface area contributed by atoms with Crippen LogP contribution in [0.15, 0.2) is 54.6 Å². The highest BCUT2D eigenvalue weighted by Crippen LogP contribution is 2.22. The Kier molecular flexibility index (Phi) is 5.31. The molecular weight excluding hydrogens is 272 g/mol. The number of esters is 1. The van der Waals surface area contributed by atoms with E-state index < -0.39 is 18.7 Å². The summed E-state index contributed by atoms with van der Waals surface area (Å²) in [5.74, 6) is 0.595. The number of hydrogen-bond acceptors (Lipinski definition) is 5. The zero-order valence-corrected chi connectivity index (χ0v) is 11.3. The van der Waals surface area contributed by atoms with E-state index in [9.17, 15) is 4.79 Å². The predicted molar refractivity (Wildman–Crippen MR) is 76.3 cm³/mol. The van der Waals surface area contributed by atoms with Crippen molar-refractivity contribution in [3.05, 3.63) is 60.2 Å². The first-order valence-electron chi connectivity index (χ1n) is 6.48. The fourth-order valence-corrected chi connectivity index (χ4v) is 1.62. The summed E-state index contributed by atoms with van der Waals surface area (Å²) in [6.45, 7) is -0.705. The normalized spacial score (nSPS) is 11.7. The van der Waals surface area contributed by atoms with Crippen LogP contribution in [0.2, 0.25) is 0 Å². The van der Waals surface area contributed by atoms with Gasteiger partial charge in [-0.15, -0.1) is 0 Å². The molecular formula is C16H16O5. The van der Waals surface area contributed by atoms with Crippen LogP contribution in [-0.4, -0.2) is 35.5 Å². The second-order valence-electron chi connectivity index (χ2n) is 4.38. The first-order valence-corrected chi connectivity index (χ1v) is 6.48. The van der Waals surface area contributed by atoms with E-state index in [1.54, 1.807) is 24.3 Å². The molecule has 0 amide bonds. The number of carbonyl (C=O) groups excluding carboxylic acids is 1. The maximum atomic E-state index is 11.8. The van der Waals surface area contributed by atoms with Gasteiger partial charge in [0.2, 0.25) is 0 Å². The molecule has 2 rings (SSSR count). The molecule has 2 N–H and O–H groups in total. The molecule has 0 aromatic heterocycles. The SMILES string of the molecule is O=C(OCC(O)CO)c1cccc(Oc2ccccc2)c1. The van der Waals surface area contributed by atoms with Crippen LogP contribution in [-0.2, 0) is 4.74 Å². The van der Waals surface area contributed by atoms with Crippen LogP contribution < -0.4 is 4.74 Å². The van der Waals surface area contributed by atoms with Crippen LogP contribution in [0, 0.1) is 0 Å². The van der Waals surface area contributed by atoms with E-state index in [1.165, 1.54) is 0 Å². The molecule has 1 unspecified atom stereocenters. The van der Waals surface area contributed by atoms with Gasteiger partial charge in [0.05, 0.1) is 12.2 Å². The topological polar surface area (TPSA) is 76.0 Å². The van der Waals surface area contributed by atoms with Crippen molar-refractivity contribution in [1.29, 1.82) is 0 Å². The summed E-state index contributed by atoms with van der Waals surface area (Å²) >= 11 is 0. The lowest BCUT2D eigenvalue weighted by Crippen LogP contribution is -2.21. The molecule has 2 aromatic carbocycles. The summed E-state index contributed by atoms with van der Waals surface area (Å²) < 4.78 is 10.5. The van der Waals surface area contributed by atoms with Crippen LogP contribution in [0.5, 0.6) is 11.5 Å². The number of aliphatic hydroxyl groups is 2. The third-order valence-corrected chi connectivity index (χ3v) is 2.67. The molecule has 1 atom stereocenters. The van der Waals surface area contributed by atoms with Crippen molar-refractivity contribution in [1.82, 2.24) is 0 Å². The van der Waals surface area contributed by atoms with E-state index in [2.05, 4.69) is 0 Å². The van der Waals surface area contributed by atoms with E-state index in [4.69, 9.17) is 19.7 Å². The molecule has 5 heteroatoms. The zero-order valence-electron chi connectivity index (χ0n) is 11.3. The average Bonchev–Trinajstić information content (AvgIpc) is 2.53. The molecule has 21 heavy (non-hydrogen) atoms. The summed E-state index contributed by atoms with van der Waals surface area (Å²) in [7, 11) is 0. The summed E-state index contributed by atoms with van der Waals surface area (Å²) in [6.07, 6.45) is -1.07. The fraction of sp³-hybridized carbons (Fsp3) is 0.188. The van der Waals surface area contributed by atoms with E-state index in [1.807, 2.05) is 30.3 Å². The van der Waals surface area contributed by atoms with E-state index in [-0.39, 0.29) is 6.61 Å². The Morgan fingerprint density at radius 3 is 2.48 bits per heavy atom. The lowest BCUT2D eigenvalue weighted by atomic mass is 10.2. The molecule has 2 aromatic rings. The minimum Gasteiger partial charge on any atom is -0.459 e. The molecule has 0 fully saturated rings. The highest BCUT2D eigenvalue weighted by atomic mass is 16.5. The minimum atomic E-state index is -1.07. The first kappa shape index (κ1) is 15.0. The Balaban J connectivity index is 2.02. The van der Waals surface area contributed by atoms with Gasteiger partial charge >= 0.3 is 5.97 Å².